The fourth-order valence-corrected chi connectivity index (χ4v) is 3.92. The minimum Gasteiger partial charge on any atom is -0.336 e. The molecular formula is C21H22N6O2. The molecule has 0 saturated heterocycles. The molecule has 0 atom stereocenters. The van der Waals surface area contributed by atoms with Crippen molar-refractivity contribution >= 4 is 16.9 Å². The van der Waals surface area contributed by atoms with Gasteiger partial charge in [0.05, 0.1) is 18.0 Å². The molecule has 1 aliphatic rings. The number of carbonyl (C=O) groups is 1. The number of aromatic nitrogens is 4. The smallest absolute Gasteiger partial charge is 0.264 e. The van der Waals surface area contributed by atoms with Crippen LogP contribution in [0.15, 0.2) is 41.6 Å². The van der Waals surface area contributed by atoms with E-state index in [-0.39, 0.29) is 18.0 Å². The molecule has 4 rings (SSSR count). The van der Waals surface area contributed by atoms with Crippen molar-refractivity contribution < 1.29 is 4.79 Å². The first-order chi connectivity index (χ1) is 14.0. The maximum atomic E-state index is 12.9. The molecule has 0 radical (unpaired) electrons. The minimum absolute atomic E-state index is 0.180. The molecule has 2 heterocycles. The zero-order chi connectivity index (χ0) is 20.4. The first-order valence-electron chi connectivity index (χ1n) is 9.74. The molecule has 8 heteroatoms. The van der Waals surface area contributed by atoms with Crippen LogP contribution in [0.1, 0.15) is 37.7 Å². The summed E-state index contributed by atoms with van der Waals surface area (Å²) in [5, 5.41) is 17.0. The Kier molecular flexibility index (Phi) is 4.89. The average Bonchev–Trinajstić information content (AvgIpc) is 3.16. The Labute approximate surface area is 167 Å². The SMILES string of the molecule is Cc1ccccc1-n1ncc2c(=O)n(CC(=O)NC3(C#N)CCCCC3)cnc21. The van der Waals surface area contributed by atoms with Crippen LogP contribution in [0.2, 0.25) is 0 Å². The van der Waals surface area contributed by atoms with Gasteiger partial charge in [-0.1, -0.05) is 37.5 Å². The molecule has 0 bridgehead atoms. The highest BCUT2D eigenvalue weighted by Gasteiger charge is 2.33. The molecular weight excluding hydrogens is 368 g/mol. The second-order valence-electron chi connectivity index (χ2n) is 7.56. The van der Waals surface area contributed by atoms with Crippen molar-refractivity contribution in [3.8, 4) is 11.8 Å². The van der Waals surface area contributed by atoms with Crippen LogP contribution in [0.5, 0.6) is 0 Å². The molecule has 8 nitrogen and oxygen atoms in total. The number of rotatable bonds is 4. The van der Waals surface area contributed by atoms with Crippen molar-refractivity contribution in [1.29, 1.82) is 5.26 Å². The maximum absolute atomic E-state index is 12.9. The van der Waals surface area contributed by atoms with Gasteiger partial charge in [-0.05, 0) is 31.4 Å². The molecule has 1 aliphatic carbocycles. The highest BCUT2D eigenvalue weighted by molar-refractivity contribution is 5.78. The van der Waals surface area contributed by atoms with E-state index >= 15 is 0 Å². The second-order valence-corrected chi connectivity index (χ2v) is 7.56. The van der Waals surface area contributed by atoms with Crippen LogP contribution in [0.3, 0.4) is 0 Å². The number of nitrogens with one attached hydrogen (secondary N) is 1. The predicted molar refractivity (Wildman–Crippen MR) is 107 cm³/mol. The number of hydrogen-bond donors (Lipinski definition) is 1. The van der Waals surface area contributed by atoms with Gasteiger partial charge in [-0.2, -0.15) is 10.4 Å². The summed E-state index contributed by atoms with van der Waals surface area (Å²) in [4.78, 5) is 29.8. The number of nitrogens with zero attached hydrogens (tertiary/aromatic N) is 5. The summed E-state index contributed by atoms with van der Waals surface area (Å²) >= 11 is 0. The van der Waals surface area contributed by atoms with Crippen LogP contribution in [0.4, 0.5) is 0 Å². The molecule has 1 N–H and O–H groups in total. The van der Waals surface area contributed by atoms with Gasteiger partial charge in [0.25, 0.3) is 5.56 Å². The summed E-state index contributed by atoms with van der Waals surface area (Å²) in [6.45, 7) is 1.78. The van der Waals surface area contributed by atoms with E-state index in [4.69, 9.17) is 0 Å². The van der Waals surface area contributed by atoms with Crippen LogP contribution in [0, 0.1) is 18.3 Å². The quantitative estimate of drug-likeness (QED) is 0.735. The molecule has 0 unspecified atom stereocenters. The van der Waals surface area contributed by atoms with E-state index in [1.54, 1.807) is 4.68 Å². The van der Waals surface area contributed by atoms with Crippen LogP contribution in [-0.2, 0) is 11.3 Å². The van der Waals surface area contributed by atoms with Crippen molar-refractivity contribution in [2.75, 3.05) is 0 Å². The van der Waals surface area contributed by atoms with Gasteiger partial charge in [0.15, 0.2) is 5.65 Å². The lowest BCUT2D eigenvalue weighted by atomic mass is 9.83. The summed E-state index contributed by atoms with van der Waals surface area (Å²) in [7, 11) is 0. The minimum atomic E-state index is -0.827. The lowest BCUT2D eigenvalue weighted by molar-refractivity contribution is -0.123. The first-order valence-corrected chi connectivity index (χ1v) is 9.74. The fourth-order valence-electron chi connectivity index (χ4n) is 3.92. The standard InChI is InChI=1S/C21H22N6O2/c1-15-7-3-4-8-17(15)27-19-16(11-24-27)20(29)26(14-23-19)12-18(28)25-21(13-22)9-5-2-6-10-21/h3-4,7-8,11,14H,2,5-6,9-10,12H2,1H3,(H,25,28). The molecule has 0 spiro atoms. The molecule has 2 aromatic heterocycles. The molecule has 29 heavy (non-hydrogen) atoms. The van der Waals surface area contributed by atoms with Crippen molar-refractivity contribution in [2.45, 2.75) is 51.1 Å². The third-order valence-electron chi connectivity index (χ3n) is 5.51. The zero-order valence-electron chi connectivity index (χ0n) is 16.3. The van der Waals surface area contributed by atoms with E-state index in [0.29, 0.717) is 23.9 Å². The van der Waals surface area contributed by atoms with E-state index in [2.05, 4.69) is 21.5 Å². The van der Waals surface area contributed by atoms with Crippen molar-refractivity contribution in [2.24, 2.45) is 0 Å². The van der Waals surface area contributed by atoms with E-state index in [1.165, 1.54) is 17.1 Å². The number of nitriles is 1. The number of para-hydroxylation sites is 1. The second kappa shape index (κ2) is 7.51. The monoisotopic (exact) mass is 390 g/mol. The van der Waals surface area contributed by atoms with Gasteiger partial charge in [-0.15, -0.1) is 0 Å². The number of aryl methyl sites for hydroxylation is 1. The summed E-state index contributed by atoms with van der Waals surface area (Å²) in [6.07, 6.45) is 7.03. The summed E-state index contributed by atoms with van der Waals surface area (Å²) in [6, 6.07) is 9.97. The predicted octanol–water partition coefficient (Wildman–Crippen LogP) is 2.23. The van der Waals surface area contributed by atoms with E-state index in [1.807, 2.05) is 31.2 Å². The molecule has 1 aromatic carbocycles. The lowest BCUT2D eigenvalue weighted by Gasteiger charge is -2.31. The topological polar surface area (TPSA) is 106 Å². The highest BCUT2D eigenvalue weighted by atomic mass is 16.2. The first kappa shape index (κ1) is 18.9. The fraction of sp³-hybridized carbons (Fsp3) is 0.381. The van der Waals surface area contributed by atoms with Gasteiger partial charge in [0.1, 0.15) is 23.8 Å². The Morgan fingerprint density at radius 2 is 2.03 bits per heavy atom. The van der Waals surface area contributed by atoms with E-state index in [0.717, 1.165) is 30.5 Å². The van der Waals surface area contributed by atoms with Crippen molar-refractivity contribution in [3.05, 3.63) is 52.7 Å². The zero-order valence-corrected chi connectivity index (χ0v) is 16.3. The van der Waals surface area contributed by atoms with Crippen molar-refractivity contribution in [3.63, 3.8) is 0 Å². The van der Waals surface area contributed by atoms with E-state index < -0.39 is 5.54 Å². The Balaban J connectivity index is 1.60. The molecule has 148 valence electrons. The molecule has 1 fully saturated rings. The van der Waals surface area contributed by atoms with E-state index in [9.17, 15) is 14.9 Å². The van der Waals surface area contributed by atoms with Gasteiger partial charge in [0, 0.05) is 0 Å². The van der Waals surface area contributed by atoms with Gasteiger partial charge in [-0.25, -0.2) is 9.67 Å². The number of fused-ring (bicyclic) bond motifs is 1. The average molecular weight is 390 g/mol. The molecule has 3 aromatic rings. The third-order valence-corrected chi connectivity index (χ3v) is 5.51. The Bertz CT molecular complexity index is 1160. The van der Waals surface area contributed by atoms with Crippen LogP contribution >= 0.6 is 0 Å². The van der Waals surface area contributed by atoms with Crippen LogP contribution in [0.25, 0.3) is 16.7 Å². The summed E-state index contributed by atoms with van der Waals surface area (Å²) in [5.41, 5.74) is 1.14. The van der Waals surface area contributed by atoms with Crippen LogP contribution < -0.4 is 10.9 Å². The number of benzene rings is 1. The van der Waals surface area contributed by atoms with Gasteiger partial charge >= 0.3 is 0 Å². The molecule has 0 aliphatic heterocycles. The number of amides is 1. The lowest BCUT2D eigenvalue weighted by Crippen LogP contribution is -2.50. The Hall–Kier alpha value is -3.47. The van der Waals surface area contributed by atoms with Gasteiger partial charge < -0.3 is 5.32 Å². The largest absolute Gasteiger partial charge is 0.336 e. The van der Waals surface area contributed by atoms with Crippen LogP contribution in [-0.4, -0.2) is 30.8 Å². The molecule has 1 saturated carbocycles. The number of carbonyl (C=O) groups excluding carboxylic acids is 1. The highest BCUT2D eigenvalue weighted by Crippen LogP contribution is 2.27. The summed E-state index contributed by atoms with van der Waals surface area (Å²) in [5.74, 6) is -0.358. The van der Waals surface area contributed by atoms with Gasteiger partial charge in [0.2, 0.25) is 5.91 Å². The Morgan fingerprint density at radius 1 is 1.28 bits per heavy atom. The summed E-state index contributed by atoms with van der Waals surface area (Å²) < 4.78 is 2.89. The normalized spacial score (nSPS) is 15.7. The number of hydrogen-bond acceptors (Lipinski definition) is 5. The molecule has 1 amide bonds. The van der Waals surface area contributed by atoms with Crippen molar-refractivity contribution in [1.82, 2.24) is 24.6 Å². The third kappa shape index (κ3) is 3.51. The maximum Gasteiger partial charge on any atom is 0.264 e. The van der Waals surface area contributed by atoms with Gasteiger partial charge in [-0.3, -0.25) is 14.2 Å². The Morgan fingerprint density at radius 3 is 2.76 bits per heavy atom.